The molecule has 9 heavy (non-hydrogen) atoms. The molecule has 2 atom stereocenters. The maximum atomic E-state index is 3.49. The normalized spacial score (nSPS) is 35.3. The molecular formula is C7H16N2. The molecule has 2 unspecified atom stereocenters. The highest BCUT2D eigenvalue weighted by atomic mass is 15.0. The Hall–Kier alpha value is -0.0800. The molecule has 1 rings (SSSR count). The van der Waals surface area contributed by atoms with Gasteiger partial charge in [0, 0.05) is 18.6 Å². The zero-order valence-corrected chi connectivity index (χ0v) is 6.28. The summed E-state index contributed by atoms with van der Waals surface area (Å²) in [5.74, 6) is 0. The maximum absolute atomic E-state index is 3.49. The quantitative estimate of drug-likeness (QED) is 0.560. The first-order valence-electron chi connectivity index (χ1n) is 3.73. The van der Waals surface area contributed by atoms with Gasteiger partial charge in [0.2, 0.25) is 0 Å². The number of nitrogens with one attached hydrogen (secondary N) is 2. The molecule has 1 saturated heterocycles. The van der Waals surface area contributed by atoms with Crippen molar-refractivity contribution in [3.63, 3.8) is 0 Å². The summed E-state index contributed by atoms with van der Waals surface area (Å²) >= 11 is 0. The molecule has 54 valence electrons. The highest BCUT2D eigenvalue weighted by molar-refractivity contribution is 4.81. The van der Waals surface area contributed by atoms with Crippen LogP contribution < -0.4 is 10.6 Å². The lowest BCUT2D eigenvalue weighted by atomic mass is 10.2. The number of likely N-dealkylation sites (N-methyl/N-ethyl adjacent to an activating group) is 1. The molecule has 1 aliphatic rings. The van der Waals surface area contributed by atoms with Crippen molar-refractivity contribution in [1.82, 2.24) is 10.6 Å². The van der Waals surface area contributed by atoms with Gasteiger partial charge in [0.15, 0.2) is 0 Å². The van der Waals surface area contributed by atoms with Gasteiger partial charge in [-0.2, -0.15) is 0 Å². The van der Waals surface area contributed by atoms with E-state index in [4.69, 9.17) is 0 Å². The summed E-state index contributed by atoms with van der Waals surface area (Å²) in [6.07, 6.45) is 2.67. The van der Waals surface area contributed by atoms with Crippen LogP contribution in [0.4, 0.5) is 0 Å². The van der Waals surface area contributed by atoms with Gasteiger partial charge in [-0.3, -0.25) is 0 Å². The van der Waals surface area contributed by atoms with Crippen molar-refractivity contribution in [2.75, 3.05) is 13.6 Å². The molecule has 2 N–H and O–H groups in total. The first kappa shape index (κ1) is 7.03. The Labute approximate surface area is 57.0 Å². The summed E-state index contributed by atoms with van der Waals surface area (Å²) in [6, 6.07) is 1.47. The second-order valence-corrected chi connectivity index (χ2v) is 2.90. The lowest BCUT2D eigenvalue weighted by molar-refractivity contribution is 0.536. The largest absolute Gasteiger partial charge is 0.318 e. The van der Waals surface area contributed by atoms with Crippen LogP contribution in [0.15, 0.2) is 0 Å². The Morgan fingerprint density at radius 3 is 2.78 bits per heavy atom. The van der Waals surface area contributed by atoms with Crippen molar-refractivity contribution in [3.05, 3.63) is 0 Å². The van der Waals surface area contributed by atoms with E-state index in [9.17, 15) is 0 Å². The molecule has 0 amide bonds. The standard InChI is InChI=1S/C7H16N2/c1-6-3-4-7(9-6)5-8-2/h6-9H,3-5H2,1-2H3. The fourth-order valence-corrected chi connectivity index (χ4v) is 1.43. The predicted molar refractivity (Wildman–Crippen MR) is 39.5 cm³/mol. The first-order chi connectivity index (χ1) is 4.33. The van der Waals surface area contributed by atoms with E-state index in [-0.39, 0.29) is 0 Å². The van der Waals surface area contributed by atoms with Gasteiger partial charge in [0.05, 0.1) is 0 Å². The molecule has 0 aromatic rings. The van der Waals surface area contributed by atoms with E-state index in [1.165, 1.54) is 12.8 Å². The number of rotatable bonds is 2. The molecule has 0 aromatic carbocycles. The molecular weight excluding hydrogens is 112 g/mol. The average Bonchev–Trinajstić information content (AvgIpc) is 2.17. The molecule has 0 saturated carbocycles. The van der Waals surface area contributed by atoms with Gasteiger partial charge < -0.3 is 10.6 Å². The maximum Gasteiger partial charge on any atom is 0.0195 e. The van der Waals surface area contributed by atoms with Crippen LogP contribution in [-0.4, -0.2) is 25.7 Å². The molecule has 0 aromatic heterocycles. The third kappa shape index (κ3) is 1.95. The van der Waals surface area contributed by atoms with Crippen LogP contribution in [0.2, 0.25) is 0 Å². The molecule has 2 nitrogen and oxygen atoms in total. The fourth-order valence-electron chi connectivity index (χ4n) is 1.43. The Kier molecular flexibility index (Phi) is 2.49. The Bertz CT molecular complexity index is 81.0. The van der Waals surface area contributed by atoms with Gasteiger partial charge in [0.25, 0.3) is 0 Å². The van der Waals surface area contributed by atoms with E-state index in [1.54, 1.807) is 0 Å². The molecule has 1 aliphatic heterocycles. The summed E-state index contributed by atoms with van der Waals surface area (Å²) in [5.41, 5.74) is 0. The number of hydrogen-bond donors (Lipinski definition) is 2. The van der Waals surface area contributed by atoms with Crippen molar-refractivity contribution in [1.29, 1.82) is 0 Å². The SMILES string of the molecule is CNCC1CCC(C)N1. The van der Waals surface area contributed by atoms with Crippen molar-refractivity contribution in [3.8, 4) is 0 Å². The summed E-state index contributed by atoms with van der Waals surface area (Å²) in [5, 5.41) is 6.66. The topological polar surface area (TPSA) is 24.1 Å². The second kappa shape index (κ2) is 3.18. The number of hydrogen-bond acceptors (Lipinski definition) is 2. The lowest BCUT2D eigenvalue weighted by Gasteiger charge is -2.09. The smallest absolute Gasteiger partial charge is 0.0195 e. The fraction of sp³-hybridized carbons (Fsp3) is 1.00. The lowest BCUT2D eigenvalue weighted by Crippen LogP contribution is -2.34. The van der Waals surface area contributed by atoms with Gasteiger partial charge in [-0.05, 0) is 26.8 Å². The highest BCUT2D eigenvalue weighted by Gasteiger charge is 2.18. The highest BCUT2D eigenvalue weighted by Crippen LogP contribution is 2.09. The van der Waals surface area contributed by atoms with E-state index in [2.05, 4.69) is 17.6 Å². The zero-order valence-electron chi connectivity index (χ0n) is 6.28. The van der Waals surface area contributed by atoms with Gasteiger partial charge >= 0.3 is 0 Å². The predicted octanol–water partition coefficient (Wildman–Crippen LogP) is 0.346. The Balaban J connectivity index is 2.14. The van der Waals surface area contributed by atoms with Crippen molar-refractivity contribution >= 4 is 0 Å². The molecule has 1 fully saturated rings. The monoisotopic (exact) mass is 128 g/mol. The molecule has 0 aliphatic carbocycles. The van der Waals surface area contributed by atoms with E-state index >= 15 is 0 Å². The molecule has 0 spiro atoms. The molecule has 0 radical (unpaired) electrons. The third-order valence-electron chi connectivity index (χ3n) is 1.92. The van der Waals surface area contributed by atoms with Crippen LogP contribution in [0, 0.1) is 0 Å². The van der Waals surface area contributed by atoms with Gasteiger partial charge in [-0.15, -0.1) is 0 Å². The van der Waals surface area contributed by atoms with E-state index in [0.29, 0.717) is 0 Å². The Morgan fingerprint density at radius 1 is 1.56 bits per heavy atom. The molecule has 0 bridgehead atoms. The van der Waals surface area contributed by atoms with E-state index in [1.807, 2.05) is 7.05 Å². The second-order valence-electron chi connectivity index (χ2n) is 2.90. The summed E-state index contributed by atoms with van der Waals surface area (Å²) in [7, 11) is 2.00. The van der Waals surface area contributed by atoms with Crippen LogP contribution >= 0.6 is 0 Å². The van der Waals surface area contributed by atoms with Crippen molar-refractivity contribution in [2.45, 2.75) is 31.8 Å². The van der Waals surface area contributed by atoms with Crippen LogP contribution in [0.3, 0.4) is 0 Å². The summed E-state index contributed by atoms with van der Waals surface area (Å²) < 4.78 is 0. The molecule has 1 heterocycles. The zero-order chi connectivity index (χ0) is 6.69. The van der Waals surface area contributed by atoms with Crippen LogP contribution in [0.1, 0.15) is 19.8 Å². The third-order valence-corrected chi connectivity index (χ3v) is 1.92. The first-order valence-corrected chi connectivity index (χ1v) is 3.73. The van der Waals surface area contributed by atoms with Crippen LogP contribution in [0.25, 0.3) is 0 Å². The van der Waals surface area contributed by atoms with Crippen LogP contribution in [-0.2, 0) is 0 Å². The van der Waals surface area contributed by atoms with Gasteiger partial charge in [-0.1, -0.05) is 0 Å². The van der Waals surface area contributed by atoms with Crippen LogP contribution in [0.5, 0.6) is 0 Å². The molecule has 2 heteroatoms. The summed E-state index contributed by atoms with van der Waals surface area (Å²) in [4.78, 5) is 0. The minimum atomic E-state index is 0.727. The van der Waals surface area contributed by atoms with E-state index in [0.717, 1.165) is 18.6 Å². The van der Waals surface area contributed by atoms with E-state index < -0.39 is 0 Å². The Morgan fingerprint density at radius 2 is 2.33 bits per heavy atom. The minimum absolute atomic E-state index is 0.727. The van der Waals surface area contributed by atoms with Gasteiger partial charge in [0.1, 0.15) is 0 Å². The average molecular weight is 128 g/mol. The minimum Gasteiger partial charge on any atom is -0.318 e. The van der Waals surface area contributed by atoms with Gasteiger partial charge in [-0.25, -0.2) is 0 Å². The van der Waals surface area contributed by atoms with Crippen molar-refractivity contribution in [2.24, 2.45) is 0 Å². The van der Waals surface area contributed by atoms with Crippen molar-refractivity contribution < 1.29 is 0 Å². The summed E-state index contributed by atoms with van der Waals surface area (Å²) in [6.45, 7) is 3.36.